The molecule has 0 radical (unpaired) electrons. The summed E-state index contributed by atoms with van der Waals surface area (Å²) in [6.07, 6.45) is 1.13. The molecule has 1 aromatic carbocycles. The van der Waals surface area contributed by atoms with E-state index >= 15 is 0 Å². The number of nitrogens with zero attached hydrogens (tertiary/aromatic N) is 1. The summed E-state index contributed by atoms with van der Waals surface area (Å²) in [5.74, 6) is -1.00. The van der Waals surface area contributed by atoms with Gasteiger partial charge in [0.25, 0.3) is 5.56 Å². The molecule has 0 aliphatic carbocycles. The van der Waals surface area contributed by atoms with Gasteiger partial charge in [-0.3, -0.25) is 4.79 Å². The first-order valence-corrected chi connectivity index (χ1v) is 5.04. The zero-order chi connectivity index (χ0) is 12.4. The van der Waals surface area contributed by atoms with Crippen LogP contribution in [-0.4, -0.2) is 21.0 Å². The third-order valence-corrected chi connectivity index (χ3v) is 2.40. The Morgan fingerprint density at radius 2 is 1.94 bits per heavy atom. The number of H-pyrrole nitrogens is 1. The number of halogens is 1. The molecular formula is C11H7ClN2O3. The fourth-order valence-electron chi connectivity index (χ4n) is 1.31. The SMILES string of the molecule is O=C(O)c1c[nH]c(-c2ccc(Cl)cc2)nc1=O. The molecule has 2 aromatic rings. The average molecular weight is 251 g/mol. The molecule has 0 fully saturated rings. The molecule has 5 nitrogen and oxygen atoms in total. The lowest BCUT2D eigenvalue weighted by Gasteiger charge is -2.01. The predicted molar refractivity (Wildman–Crippen MR) is 62.3 cm³/mol. The number of hydrogen-bond donors (Lipinski definition) is 2. The van der Waals surface area contributed by atoms with Crippen LogP contribution in [0.4, 0.5) is 0 Å². The molecule has 1 heterocycles. The summed E-state index contributed by atoms with van der Waals surface area (Å²) in [6.45, 7) is 0. The molecule has 0 amide bonds. The second kappa shape index (κ2) is 4.39. The van der Waals surface area contributed by atoms with E-state index in [0.29, 0.717) is 16.4 Å². The lowest BCUT2D eigenvalue weighted by molar-refractivity contribution is 0.0694. The number of nitrogens with one attached hydrogen (secondary N) is 1. The van der Waals surface area contributed by atoms with Crippen LogP contribution in [0.1, 0.15) is 10.4 Å². The van der Waals surface area contributed by atoms with Crippen LogP contribution in [-0.2, 0) is 0 Å². The molecule has 0 unspecified atom stereocenters. The first kappa shape index (κ1) is 11.3. The van der Waals surface area contributed by atoms with E-state index in [9.17, 15) is 9.59 Å². The number of aromatic carboxylic acids is 1. The third kappa shape index (κ3) is 2.34. The number of carboxylic acid groups (broad SMARTS) is 1. The highest BCUT2D eigenvalue weighted by atomic mass is 35.5. The van der Waals surface area contributed by atoms with Gasteiger partial charge >= 0.3 is 5.97 Å². The van der Waals surface area contributed by atoms with Crippen molar-refractivity contribution in [3.05, 3.63) is 51.4 Å². The lowest BCUT2D eigenvalue weighted by atomic mass is 10.2. The number of aromatic nitrogens is 2. The Morgan fingerprint density at radius 3 is 2.47 bits per heavy atom. The summed E-state index contributed by atoms with van der Waals surface area (Å²) in [7, 11) is 0. The van der Waals surface area contributed by atoms with Crippen LogP contribution in [0.15, 0.2) is 35.3 Å². The maximum Gasteiger partial charge on any atom is 0.342 e. The molecule has 0 saturated carbocycles. The predicted octanol–water partition coefficient (Wildman–Crippen LogP) is 1.79. The smallest absolute Gasteiger partial charge is 0.342 e. The van der Waals surface area contributed by atoms with E-state index in [-0.39, 0.29) is 5.56 Å². The second-order valence-electron chi connectivity index (χ2n) is 3.28. The quantitative estimate of drug-likeness (QED) is 0.851. The van der Waals surface area contributed by atoms with Crippen LogP contribution in [0.25, 0.3) is 11.4 Å². The zero-order valence-electron chi connectivity index (χ0n) is 8.48. The van der Waals surface area contributed by atoms with Gasteiger partial charge in [0.1, 0.15) is 11.4 Å². The minimum atomic E-state index is -1.30. The van der Waals surface area contributed by atoms with Gasteiger partial charge in [-0.1, -0.05) is 11.6 Å². The number of benzene rings is 1. The summed E-state index contributed by atoms with van der Waals surface area (Å²) in [6, 6.07) is 6.67. The van der Waals surface area contributed by atoms with Crippen LogP contribution in [0, 0.1) is 0 Å². The van der Waals surface area contributed by atoms with Crippen molar-refractivity contribution in [3.63, 3.8) is 0 Å². The Labute approximate surface area is 101 Å². The summed E-state index contributed by atoms with van der Waals surface area (Å²) in [4.78, 5) is 28.3. The van der Waals surface area contributed by atoms with Gasteiger partial charge in [0.2, 0.25) is 0 Å². The largest absolute Gasteiger partial charge is 0.477 e. The molecule has 17 heavy (non-hydrogen) atoms. The maximum atomic E-state index is 11.4. The van der Waals surface area contributed by atoms with Crippen molar-refractivity contribution < 1.29 is 9.90 Å². The fourth-order valence-corrected chi connectivity index (χ4v) is 1.43. The van der Waals surface area contributed by atoms with Crippen molar-refractivity contribution in [1.82, 2.24) is 9.97 Å². The molecule has 0 aliphatic rings. The normalized spacial score (nSPS) is 10.2. The minimum absolute atomic E-state index is 0.302. The van der Waals surface area contributed by atoms with Gasteiger partial charge in [-0.15, -0.1) is 0 Å². The maximum absolute atomic E-state index is 11.4. The van der Waals surface area contributed by atoms with E-state index < -0.39 is 11.5 Å². The molecule has 1 aromatic heterocycles. The van der Waals surface area contributed by atoms with Crippen molar-refractivity contribution >= 4 is 17.6 Å². The number of carboxylic acids is 1. The Kier molecular flexibility index (Phi) is 2.93. The van der Waals surface area contributed by atoms with Gasteiger partial charge in [0.15, 0.2) is 0 Å². The van der Waals surface area contributed by atoms with Crippen molar-refractivity contribution in [2.24, 2.45) is 0 Å². The van der Waals surface area contributed by atoms with Gasteiger partial charge in [-0.2, -0.15) is 4.98 Å². The molecule has 2 rings (SSSR count). The zero-order valence-corrected chi connectivity index (χ0v) is 9.23. The summed E-state index contributed by atoms with van der Waals surface area (Å²) in [5.41, 5.74) is -0.507. The number of hydrogen-bond acceptors (Lipinski definition) is 3. The van der Waals surface area contributed by atoms with Gasteiger partial charge in [-0.05, 0) is 24.3 Å². The number of aromatic amines is 1. The Bertz CT molecular complexity index is 619. The Morgan fingerprint density at radius 1 is 1.29 bits per heavy atom. The fraction of sp³-hybridized carbons (Fsp3) is 0. The first-order valence-electron chi connectivity index (χ1n) is 4.67. The van der Waals surface area contributed by atoms with Gasteiger partial charge in [-0.25, -0.2) is 4.79 Å². The monoisotopic (exact) mass is 250 g/mol. The highest BCUT2D eigenvalue weighted by Crippen LogP contribution is 2.16. The van der Waals surface area contributed by atoms with Gasteiger partial charge in [0.05, 0.1) is 0 Å². The standard InChI is InChI=1S/C11H7ClN2O3/c12-7-3-1-6(2-4-7)9-13-5-8(11(16)17)10(15)14-9/h1-5H,(H,16,17)(H,13,14,15). The molecule has 2 N–H and O–H groups in total. The molecule has 6 heteroatoms. The summed E-state index contributed by atoms with van der Waals surface area (Å²) < 4.78 is 0. The highest BCUT2D eigenvalue weighted by molar-refractivity contribution is 6.30. The van der Waals surface area contributed by atoms with E-state index in [0.717, 1.165) is 6.20 Å². The van der Waals surface area contributed by atoms with Gasteiger partial charge < -0.3 is 10.1 Å². The molecule has 0 spiro atoms. The number of carbonyl (C=O) groups is 1. The number of rotatable bonds is 2. The van der Waals surface area contributed by atoms with E-state index in [4.69, 9.17) is 16.7 Å². The highest BCUT2D eigenvalue weighted by Gasteiger charge is 2.10. The lowest BCUT2D eigenvalue weighted by Crippen LogP contribution is -2.18. The van der Waals surface area contributed by atoms with E-state index in [1.807, 2.05) is 0 Å². The van der Waals surface area contributed by atoms with Crippen LogP contribution >= 0.6 is 11.6 Å². The third-order valence-electron chi connectivity index (χ3n) is 2.15. The van der Waals surface area contributed by atoms with E-state index in [1.165, 1.54) is 0 Å². The van der Waals surface area contributed by atoms with Crippen LogP contribution < -0.4 is 5.56 Å². The van der Waals surface area contributed by atoms with Crippen molar-refractivity contribution in [3.8, 4) is 11.4 Å². The Balaban J connectivity index is 2.48. The van der Waals surface area contributed by atoms with Gasteiger partial charge in [0, 0.05) is 16.8 Å². The molecule has 0 saturated heterocycles. The van der Waals surface area contributed by atoms with Crippen molar-refractivity contribution in [2.45, 2.75) is 0 Å². The molecular weight excluding hydrogens is 244 g/mol. The molecule has 0 bridgehead atoms. The van der Waals surface area contributed by atoms with E-state index in [1.54, 1.807) is 24.3 Å². The van der Waals surface area contributed by atoms with Crippen LogP contribution in [0.3, 0.4) is 0 Å². The van der Waals surface area contributed by atoms with Crippen molar-refractivity contribution in [1.29, 1.82) is 0 Å². The second-order valence-corrected chi connectivity index (χ2v) is 3.72. The molecule has 86 valence electrons. The average Bonchev–Trinajstić information content (AvgIpc) is 2.29. The van der Waals surface area contributed by atoms with E-state index in [2.05, 4.69) is 9.97 Å². The summed E-state index contributed by atoms with van der Waals surface area (Å²) in [5, 5.41) is 9.25. The Hall–Kier alpha value is -2.14. The molecule has 0 aliphatic heterocycles. The van der Waals surface area contributed by atoms with Crippen molar-refractivity contribution in [2.75, 3.05) is 0 Å². The van der Waals surface area contributed by atoms with Crippen LogP contribution in [0.5, 0.6) is 0 Å². The minimum Gasteiger partial charge on any atom is -0.477 e. The topological polar surface area (TPSA) is 83.0 Å². The van der Waals surface area contributed by atoms with Crippen LogP contribution in [0.2, 0.25) is 5.02 Å². The summed E-state index contributed by atoms with van der Waals surface area (Å²) >= 11 is 5.73. The molecule has 0 atom stereocenters. The first-order chi connectivity index (χ1) is 8.08.